The van der Waals surface area contributed by atoms with Gasteiger partial charge in [0.1, 0.15) is 13.2 Å². The highest BCUT2D eigenvalue weighted by molar-refractivity contribution is 5.90. The van der Waals surface area contributed by atoms with Crippen LogP contribution in [0, 0.1) is 0 Å². The van der Waals surface area contributed by atoms with Crippen molar-refractivity contribution in [3.05, 3.63) is 30.1 Å². The van der Waals surface area contributed by atoms with Crippen LogP contribution in [0.3, 0.4) is 0 Å². The number of fused-ring (bicyclic) bond motifs is 2. The molecule has 1 aliphatic rings. The smallest absolute Gasteiger partial charge is 0.309 e. The zero-order valence-electron chi connectivity index (χ0n) is 9.55. The summed E-state index contributed by atoms with van der Waals surface area (Å²) in [6, 6.07) is 5.49. The number of hydrogen-bond donors (Lipinski definition) is 1. The third kappa shape index (κ3) is 1.84. The Labute approximate surface area is 103 Å². The highest BCUT2D eigenvalue weighted by Gasteiger charge is 2.15. The fourth-order valence-corrected chi connectivity index (χ4v) is 2.05. The molecule has 0 fully saturated rings. The molecule has 2 heterocycles. The maximum Gasteiger partial charge on any atom is 0.309 e. The Morgan fingerprint density at radius 3 is 2.72 bits per heavy atom. The summed E-state index contributed by atoms with van der Waals surface area (Å²) in [5.41, 5.74) is 0.539. The third-order valence-corrected chi connectivity index (χ3v) is 2.83. The van der Waals surface area contributed by atoms with Crippen LogP contribution in [-0.4, -0.2) is 29.3 Å². The Morgan fingerprint density at radius 1 is 1.28 bits per heavy atom. The molecule has 0 saturated heterocycles. The van der Waals surface area contributed by atoms with Crippen molar-refractivity contribution in [2.24, 2.45) is 0 Å². The lowest BCUT2D eigenvalue weighted by molar-refractivity contribution is -0.136. The first-order valence-corrected chi connectivity index (χ1v) is 5.63. The number of hydrogen-bond acceptors (Lipinski definition) is 4. The van der Waals surface area contributed by atoms with Gasteiger partial charge in [0.25, 0.3) is 0 Å². The molecular weight excluding hydrogens is 234 g/mol. The molecule has 18 heavy (non-hydrogen) atoms. The lowest BCUT2D eigenvalue weighted by atomic mass is 10.1. The van der Waals surface area contributed by atoms with Crippen molar-refractivity contribution < 1.29 is 19.4 Å². The molecule has 5 heteroatoms. The molecule has 0 unspecified atom stereocenters. The van der Waals surface area contributed by atoms with Gasteiger partial charge in [-0.15, -0.1) is 0 Å². The molecule has 0 amide bonds. The zero-order chi connectivity index (χ0) is 12.5. The van der Waals surface area contributed by atoms with E-state index in [1.54, 1.807) is 12.3 Å². The molecular formula is C13H11NO4. The van der Waals surface area contributed by atoms with Crippen molar-refractivity contribution in [1.29, 1.82) is 0 Å². The number of aliphatic carboxylic acids is 1. The number of carboxylic acid groups (broad SMARTS) is 1. The number of aromatic nitrogens is 1. The molecule has 0 aliphatic carbocycles. The van der Waals surface area contributed by atoms with E-state index >= 15 is 0 Å². The molecule has 1 aromatic heterocycles. The molecule has 0 saturated carbocycles. The SMILES string of the molecule is O=C(O)Cc1nccc2cc3c(cc12)OCCO3. The average molecular weight is 245 g/mol. The van der Waals surface area contributed by atoms with E-state index in [1.165, 1.54) is 0 Å². The van der Waals surface area contributed by atoms with Crippen LogP contribution in [0.1, 0.15) is 5.69 Å². The summed E-state index contributed by atoms with van der Waals surface area (Å²) in [6.07, 6.45) is 1.51. The van der Waals surface area contributed by atoms with Crippen LogP contribution in [0.5, 0.6) is 11.5 Å². The summed E-state index contributed by atoms with van der Waals surface area (Å²) in [7, 11) is 0. The number of rotatable bonds is 2. The van der Waals surface area contributed by atoms with Crippen molar-refractivity contribution in [1.82, 2.24) is 4.98 Å². The number of ether oxygens (including phenoxy) is 2. The van der Waals surface area contributed by atoms with Gasteiger partial charge in [-0.1, -0.05) is 0 Å². The molecule has 1 aliphatic heterocycles. The predicted molar refractivity (Wildman–Crippen MR) is 64.1 cm³/mol. The molecule has 0 atom stereocenters. The lowest BCUT2D eigenvalue weighted by Crippen LogP contribution is -2.15. The molecule has 1 N–H and O–H groups in total. The van der Waals surface area contributed by atoms with Crippen LogP contribution in [0.2, 0.25) is 0 Å². The second kappa shape index (κ2) is 4.18. The van der Waals surface area contributed by atoms with Gasteiger partial charge in [0, 0.05) is 11.6 Å². The Kier molecular flexibility index (Phi) is 2.51. The van der Waals surface area contributed by atoms with Gasteiger partial charge in [-0.25, -0.2) is 0 Å². The number of pyridine rings is 1. The van der Waals surface area contributed by atoms with Crippen LogP contribution >= 0.6 is 0 Å². The van der Waals surface area contributed by atoms with Gasteiger partial charge in [-0.2, -0.15) is 0 Å². The van der Waals surface area contributed by atoms with Gasteiger partial charge in [0.2, 0.25) is 0 Å². The van der Waals surface area contributed by atoms with Crippen LogP contribution in [0.25, 0.3) is 10.8 Å². The van der Waals surface area contributed by atoms with Crippen molar-refractivity contribution in [2.75, 3.05) is 13.2 Å². The second-order valence-electron chi connectivity index (χ2n) is 4.05. The fourth-order valence-electron chi connectivity index (χ4n) is 2.05. The summed E-state index contributed by atoms with van der Waals surface area (Å²) in [4.78, 5) is 14.9. The van der Waals surface area contributed by atoms with Crippen LogP contribution in [0.15, 0.2) is 24.4 Å². The molecule has 3 rings (SSSR count). The topological polar surface area (TPSA) is 68.7 Å². The summed E-state index contributed by atoms with van der Waals surface area (Å²) >= 11 is 0. The van der Waals surface area contributed by atoms with E-state index in [2.05, 4.69) is 4.98 Å². The summed E-state index contributed by atoms with van der Waals surface area (Å²) in [5.74, 6) is 0.444. The standard InChI is InChI=1S/C13H11NO4/c15-13(16)7-10-9-6-12-11(17-3-4-18-12)5-8(9)1-2-14-10/h1-2,5-6H,3-4,7H2,(H,15,16). The molecule has 0 spiro atoms. The molecule has 0 radical (unpaired) electrons. The van der Waals surface area contributed by atoms with E-state index < -0.39 is 5.97 Å². The van der Waals surface area contributed by atoms with Gasteiger partial charge < -0.3 is 14.6 Å². The minimum absolute atomic E-state index is 0.100. The van der Waals surface area contributed by atoms with Gasteiger partial charge >= 0.3 is 5.97 Å². The van der Waals surface area contributed by atoms with Gasteiger partial charge in [0.15, 0.2) is 11.5 Å². The second-order valence-corrected chi connectivity index (χ2v) is 4.05. The highest BCUT2D eigenvalue weighted by atomic mass is 16.6. The monoisotopic (exact) mass is 245 g/mol. The van der Waals surface area contributed by atoms with Gasteiger partial charge in [-0.05, 0) is 23.6 Å². The van der Waals surface area contributed by atoms with Crippen LogP contribution in [-0.2, 0) is 11.2 Å². The summed E-state index contributed by atoms with van der Waals surface area (Å²) in [6.45, 7) is 1.04. The first-order valence-electron chi connectivity index (χ1n) is 5.63. The minimum Gasteiger partial charge on any atom is -0.486 e. The number of nitrogens with zero attached hydrogens (tertiary/aromatic N) is 1. The summed E-state index contributed by atoms with van der Waals surface area (Å²) < 4.78 is 11.0. The molecule has 5 nitrogen and oxygen atoms in total. The van der Waals surface area contributed by atoms with E-state index in [4.69, 9.17) is 14.6 Å². The molecule has 2 aromatic rings. The van der Waals surface area contributed by atoms with Crippen LogP contribution < -0.4 is 9.47 Å². The van der Waals surface area contributed by atoms with Crippen molar-refractivity contribution in [3.8, 4) is 11.5 Å². The first-order chi connectivity index (χ1) is 8.74. The summed E-state index contributed by atoms with van der Waals surface area (Å²) in [5, 5.41) is 10.6. The van der Waals surface area contributed by atoms with Gasteiger partial charge in [0.05, 0.1) is 12.1 Å². The molecule has 92 valence electrons. The van der Waals surface area contributed by atoms with Crippen molar-refractivity contribution in [3.63, 3.8) is 0 Å². The van der Waals surface area contributed by atoms with E-state index in [-0.39, 0.29) is 6.42 Å². The first kappa shape index (κ1) is 10.8. The zero-order valence-corrected chi connectivity index (χ0v) is 9.55. The Balaban J connectivity index is 2.17. The van der Waals surface area contributed by atoms with E-state index in [0.29, 0.717) is 30.4 Å². The average Bonchev–Trinajstić information content (AvgIpc) is 2.36. The molecule has 1 aromatic carbocycles. The van der Waals surface area contributed by atoms with E-state index in [1.807, 2.05) is 12.1 Å². The van der Waals surface area contributed by atoms with E-state index in [9.17, 15) is 4.79 Å². The van der Waals surface area contributed by atoms with Crippen LogP contribution in [0.4, 0.5) is 0 Å². The maximum atomic E-state index is 10.8. The lowest BCUT2D eigenvalue weighted by Gasteiger charge is -2.19. The quantitative estimate of drug-likeness (QED) is 0.870. The number of carboxylic acids is 1. The maximum absolute atomic E-state index is 10.8. The highest BCUT2D eigenvalue weighted by Crippen LogP contribution is 2.35. The Bertz CT molecular complexity index is 624. The Morgan fingerprint density at radius 2 is 2.00 bits per heavy atom. The molecule has 0 bridgehead atoms. The Hall–Kier alpha value is -2.30. The van der Waals surface area contributed by atoms with Gasteiger partial charge in [-0.3, -0.25) is 9.78 Å². The fraction of sp³-hybridized carbons (Fsp3) is 0.231. The van der Waals surface area contributed by atoms with Crippen molar-refractivity contribution in [2.45, 2.75) is 6.42 Å². The largest absolute Gasteiger partial charge is 0.486 e. The van der Waals surface area contributed by atoms with Crippen molar-refractivity contribution >= 4 is 16.7 Å². The number of benzene rings is 1. The predicted octanol–water partition coefficient (Wildman–Crippen LogP) is 1.63. The number of carbonyl (C=O) groups is 1. The normalized spacial score (nSPS) is 13.6. The van der Waals surface area contributed by atoms with E-state index in [0.717, 1.165) is 10.8 Å². The third-order valence-electron chi connectivity index (χ3n) is 2.83. The minimum atomic E-state index is -0.898.